The molecule has 12 heteroatoms. The molecule has 0 fully saturated rings. The molecule has 1 heterocycles. The Morgan fingerprint density at radius 2 is 1.83 bits per heavy atom. The van der Waals surface area contributed by atoms with Gasteiger partial charge in [0.25, 0.3) is 5.91 Å². The van der Waals surface area contributed by atoms with Gasteiger partial charge in [0.15, 0.2) is 11.6 Å². The minimum atomic E-state index is -1.58. The molecule has 5 rings (SSSR count). The molecule has 2 N–H and O–H groups in total. The number of benzene rings is 4. The molecule has 0 aromatic heterocycles. The first-order valence-corrected chi connectivity index (χ1v) is 15.7. The van der Waals surface area contributed by atoms with Crippen molar-refractivity contribution >= 4 is 46.4 Å². The average Bonchev–Trinajstić information content (AvgIpc) is 3.45. The van der Waals surface area contributed by atoms with E-state index in [1.807, 2.05) is 49.3 Å². The predicted octanol–water partition coefficient (Wildman–Crippen LogP) is 7.58. The molecule has 1 amide bonds. The van der Waals surface area contributed by atoms with Gasteiger partial charge in [-0.25, -0.2) is 4.99 Å². The summed E-state index contributed by atoms with van der Waals surface area (Å²) in [6.07, 6.45) is -0.433. The van der Waals surface area contributed by atoms with Crippen molar-refractivity contribution in [2.24, 2.45) is 10.1 Å². The number of anilines is 1. The van der Waals surface area contributed by atoms with E-state index in [1.165, 1.54) is 0 Å². The number of aliphatic hydroxyl groups is 1. The first-order chi connectivity index (χ1) is 22.7. The zero-order valence-electron chi connectivity index (χ0n) is 25.9. The molecule has 4 aromatic rings. The summed E-state index contributed by atoms with van der Waals surface area (Å²) < 4.78 is 12.3. The van der Waals surface area contributed by atoms with E-state index in [1.54, 1.807) is 60.7 Å². The number of halogens is 2. The first kappa shape index (κ1) is 33.6. The standard InChI is InChI=1S/C35H34Cl2N6O4/c1-43(2)27-13-8-23(9-14-27)22-39-34(45)35(21-25-6-3-4-7-31(25)41-42-38)32(29-17-12-26(36)20-30(29)37)47-33(40-35)24-10-15-28(16-11-24)46-19-5-18-44/h3-4,6-17,20,32,44H,5,18-19,21-22H2,1-2H3,(H,39,45)/t32-,35-/m1/s1. The fourth-order valence-corrected chi connectivity index (χ4v) is 5.82. The van der Waals surface area contributed by atoms with E-state index in [-0.39, 0.29) is 25.5 Å². The Hall–Kier alpha value is -4.73. The molecule has 0 spiro atoms. The maximum absolute atomic E-state index is 14.6. The maximum atomic E-state index is 14.6. The van der Waals surface area contributed by atoms with Gasteiger partial charge in [0, 0.05) is 77.5 Å². The second-order valence-electron chi connectivity index (χ2n) is 11.2. The van der Waals surface area contributed by atoms with Crippen molar-refractivity contribution in [2.75, 3.05) is 32.2 Å². The smallest absolute Gasteiger partial charge is 0.252 e. The second kappa shape index (κ2) is 15.2. The van der Waals surface area contributed by atoms with Crippen molar-refractivity contribution in [3.05, 3.63) is 134 Å². The van der Waals surface area contributed by atoms with Crippen molar-refractivity contribution in [1.29, 1.82) is 0 Å². The Morgan fingerprint density at radius 3 is 2.51 bits per heavy atom. The molecule has 1 aliphatic rings. The van der Waals surface area contributed by atoms with Gasteiger partial charge in [-0.15, -0.1) is 0 Å². The highest BCUT2D eigenvalue weighted by Crippen LogP contribution is 2.46. The third-order valence-electron chi connectivity index (χ3n) is 7.78. The topological polar surface area (TPSA) is 132 Å². The van der Waals surface area contributed by atoms with Crippen LogP contribution in [-0.2, 0) is 22.5 Å². The van der Waals surface area contributed by atoms with Gasteiger partial charge in [-0.05, 0) is 65.2 Å². The van der Waals surface area contributed by atoms with Gasteiger partial charge in [0.05, 0.1) is 6.61 Å². The lowest BCUT2D eigenvalue weighted by Crippen LogP contribution is -2.49. The largest absolute Gasteiger partial charge is 0.494 e. The van der Waals surface area contributed by atoms with Gasteiger partial charge in [-0.1, -0.05) is 70.8 Å². The Morgan fingerprint density at radius 1 is 1.09 bits per heavy atom. The number of hydrogen-bond acceptors (Lipinski definition) is 7. The molecule has 4 aromatic carbocycles. The normalized spacial score (nSPS) is 16.9. The highest BCUT2D eigenvalue weighted by molar-refractivity contribution is 6.35. The van der Waals surface area contributed by atoms with Gasteiger partial charge in [0.1, 0.15) is 5.75 Å². The predicted molar refractivity (Wildman–Crippen MR) is 185 cm³/mol. The van der Waals surface area contributed by atoms with Crippen LogP contribution < -0.4 is 15.0 Å². The molecule has 0 unspecified atom stereocenters. The SMILES string of the molecule is CN(C)c1ccc(CNC(=O)[C@]2(Cc3ccccc3N=[N+]=[N-])N=C(c3ccc(OCCCO)cc3)O[C@@H]2c2ccc(Cl)cc2Cl)cc1. The zero-order valence-corrected chi connectivity index (χ0v) is 27.4. The van der Waals surface area contributed by atoms with Crippen LogP contribution in [-0.4, -0.2) is 49.8 Å². The number of ether oxygens (including phenoxy) is 2. The molecule has 242 valence electrons. The zero-order chi connectivity index (χ0) is 33.4. The number of rotatable bonds is 13. The fourth-order valence-electron chi connectivity index (χ4n) is 5.32. The lowest BCUT2D eigenvalue weighted by molar-refractivity contribution is -0.129. The quantitative estimate of drug-likeness (QED) is 0.0654. The van der Waals surface area contributed by atoms with E-state index in [2.05, 4.69) is 15.3 Å². The average molecular weight is 674 g/mol. The summed E-state index contributed by atoms with van der Waals surface area (Å²) in [5, 5.41) is 16.8. The van der Waals surface area contributed by atoms with E-state index in [9.17, 15) is 10.3 Å². The summed E-state index contributed by atoms with van der Waals surface area (Å²) in [6.45, 7) is 0.639. The molecule has 0 aliphatic carbocycles. The summed E-state index contributed by atoms with van der Waals surface area (Å²) in [4.78, 5) is 24.6. The molecule has 47 heavy (non-hydrogen) atoms. The van der Waals surface area contributed by atoms with Crippen LogP contribution in [0.2, 0.25) is 10.0 Å². The third-order valence-corrected chi connectivity index (χ3v) is 8.35. The highest BCUT2D eigenvalue weighted by atomic mass is 35.5. The number of amides is 1. The van der Waals surface area contributed by atoms with Crippen molar-refractivity contribution in [1.82, 2.24) is 5.32 Å². The Kier molecular flexibility index (Phi) is 10.9. The Bertz CT molecular complexity index is 1790. The summed E-state index contributed by atoms with van der Waals surface area (Å²) in [7, 11) is 3.93. The van der Waals surface area contributed by atoms with Crippen LogP contribution in [0.4, 0.5) is 11.4 Å². The van der Waals surface area contributed by atoms with Gasteiger partial charge in [-0.2, -0.15) is 0 Å². The van der Waals surface area contributed by atoms with Crippen LogP contribution >= 0.6 is 23.2 Å². The Balaban J connectivity index is 1.60. The number of aliphatic imine (C=N–C) groups is 1. The van der Waals surface area contributed by atoms with Crippen LogP contribution in [0, 0.1) is 0 Å². The molecule has 0 saturated carbocycles. The summed E-state index contributed by atoms with van der Waals surface area (Å²) in [6, 6.07) is 27.1. The monoisotopic (exact) mass is 672 g/mol. The van der Waals surface area contributed by atoms with Gasteiger partial charge < -0.3 is 24.8 Å². The maximum Gasteiger partial charge on any atom is 0.252 e. The van der Waals surface area contributed by atoms with Crippen LogP contribution in [0.3, 0.4) is 0 Å². The number of azide groups is 1. The van der Waals surface area contributed by atoms with Crippen LogP contribution in [0.25, 0.3) is 10.4 Å². The molecule has 0 saturated heterocycles. The van der Waals surface area contributed by atoms with Crippen LogP contribution in [0.15, 0.2) is 101 Å². The lowest BCUT2D eigenvalue weighted by atomic mass is 9.81. The molecule has 2 atom stereocenters. The van der Waals surface area contributed by atoms with E-state index in [0.717, 1.165) is 11.3 Å². The Labute approximate surface area is 283 Å². The van der Waals surface area contributed by atoms with Crippen molar-refractivity contribution in [3.8, 4) is 5.75 Å². The van der Waals surface area contributed by atoms with Crippen molar-refractivity contribution < 1.29 is 19.4 Å². The second-order valence-corrected chi connectivity index (χ2v) is 12.0. The summed E-state index contributed by atoms with van der Waals surface area (Å²) >= 11 is 13.0. The highest BCUT2D eigenvalue weighted by Gasteiger charge is 2.54. The minimum absolute atomic E-state index is 0.0308. The summed E-state index contributed by atoms with van der Waals surface area (Å²) in [5.74, 6) is 0.445. The molecule has 1 aliphatic heterocycles. The molecule has 0 bridgehead atoms. The van der Waals surface area contributed by atoms with Crippen molar-refractivity contribution in [2.45, 2.75) is 31.0 Å². The first-order valence-electron chi connectivity index (χ1n) is 15.0. The van der Waals surface area contributed by atoms with E-state index in [0.29, 0.717) is 51.2 Å². The fraction of sp³-hybridized carbons (Fsp3) is 0.257. The van der Waals surface area contributed by atoms with E-state index < -0.39 is 17.6 Å². The van der Waals surface area contributed by atoms with Crippen LogP contribution in [0.5, 0.6) is 5.75 Å². The molecular weight excluding hydrogens is 639 g/mol. The van der Waals surface area contributed by atoms with E-state index >= 15 is 0 Å². The van der Waals surface area contributed by atoms with Crippen molar-refractivity contribution in [3.63, 3.8) is 0 Å². The minimum Gasteiger partial charge on any atom is -0.494 e. The molecular formula is C35H34Cl2N6O4. The molecule has 0 radical (unpaired) electrons. The third kappa shape index (κ3) is 7.81. The number of carbonyl (C=O) groups is 1. The van der Waals surface area contributed by atoms with Crippen LogP contribution in [0.1, 0.15) is 34.8 Å². The number of nitrogens with zero attached hydrogens (tertiary/aromatic N) is 5. The lowest BCUT2D eigenvalue weighted by Gasteiger charge is -2.31. The van der Waals surface area contributed by atoms with E-state index in [4.69, 9.17) is 42.8 Å². The van der Waals surface area contributed by atoms with Gasteiger partial charge >= 0.3 is 0 Å². The number of carbonyl (C=O) groups excluding carboxylic acids is 1. The number of nitrogens with one attached hydrogen (secondary N) is 1. The summed E-state index contributed by atoms with van der Waals surface area (Å²) in [5.41, 5.74) is 11.8. The number of hydrogen-bond donors (Lipinski definition) is 2. The van der Waals surface area contributed by atoms with Gasteiger partial charge in [0.2, 0.25) is 5.90 Å². The van der Waals surface area contributed by atoms with Gasteiger partial charge in [-0.3, -0.25) is 4.79 Å². The molecule has 10 nitrogen and oxygen atoms in total. The number of aliphatic hydroxyl groups excluding tert-OH is 1.